The lowest BCUT2D eigenvalue weighted by molar-refractivity contribution is -0.137. The van der Waals surface area contributed by atoms with Crippen molar-refractivity contribution in [2.75, 3.05) is 0 Å². The molecule has 10 heteroatoms. The maximum Gasteiger partial charge on any atom is 0.416 e. The molecule has 5 nitrogen and oxygen atoms in total. The molecule has 5 rings (SSSR count). The third kappa shape index (κ3) is 6.10. The van der Waals surface area contributed by atoms with E-state index in [1.807, 2.05) is 0 Å². The van der Waals surface area contributed by atoms with Crippen molar-refractivity contribution < 1.29 is 32.3 Å². The smallest absolute Gasteiger partial charge is 0.416 e. The Morgan fingerprint density at radius 1 is 0.854 bits per heavy atom. The van der Waals surface area contributed by atoms with Gasteiger partial charge in [0.1, 0.15) is 5.82 Å². The van der Waals surface area contributed by atoms with Crippen molar-refractivity contribution in [3.8, 4) is 11.1 Å². The van der Waals surface area contributed by atoms with Gasteiger partial charge in [0, 0.05) is 24.7 Å². The summed E-state index contributed by atoms with van der Waals surface area (Å²) in [5, 5.41) is 12.6. The first-order valence-electron chi connectivity index (χ1n) is 12.3. The molecule has 1 aromatic heterocycles. The molecule has 0 saturated heterocycles. The zero-order chi connectivity index (χ0) is 29.3. The molecule has 0 spiro atoms. The molecule has 0 radical (unpaired) electrons. The molecule has 0 aliphatic heterocycles. The number of fused-ring (bicyclic) bond motifs is 1. The van der Waals surface area contributed by atoms with Gasteiger partial charge in [-0.15, -0.1) is 0 Å². The lowest BCUT2D eigenvalue weighted by atomic mass is 9.99. The number of nitrogens with one attached hydrogen (secondary N) is 1. The molecule has 0 unspecified atom stereocenters. The number of aromatic carboxylic acids is 1. The monoisotopic (exact) mass is 580 g/mol. The fraction of sp³-hybridized carbons (Fsp3) is 0.0968. The van der Waals surface area contributed by atoms with Gasteiger partial charge in [0.05, 0.1) is 27.2 Å². The van der Waals surface area contributed by atoms with E-state index in [1.165, 1.54) is 36.4 Å². The van der Waals surface area contributed by atoms with Crippen LogP contribution in [-0.4, -0.2) is 21.6 Å². The van der Waals surface area contributed by atoms with E-state index < -0.39 is 29.4 Å². The van der Waals surface area contributed by atoms with E-state index in [1.54, 1.807) is 47.2 Å². The molecular formula is C31H21ClF4N2O3. The van der Waals surface area contributed by atoms with Crippen molar-refractivity contribution in [3.63, 3.8) is 0 Å². The summed E-state index contributed by atoms with van der Waals surface area (Å²) < 4.78 is 55.1. The number of halogens is 5. The van der Waals surface area contributed by atoms with Crippen LogP contribution in [0.4, 0.5) is 17.6 Å². The summed E-state index contributed by atoms with van der Waals surface area (Å²) in [4.78, 5) is 24.7. The predicted octanol–water partition coefficient (Wildman–Crippen LogP) is 7.80. The van der Waals surface area contributed by atoms with Crippen LogP contribution in [0.1, 0.15) is 37.4 Å². The lowest BCUT2D eigenvalue weighted by Gasteiger charge is -2.14. The topological polar surface area (TPSA) is 71.3 Å². The molecule has 2 N–H and O–H groups in total. The van der Waals surface area contributed by atoms with Gasteiger partial charge in [-0.3, -0.25) is 4.79 Å². The zero-order valence-corrected chi connectivity index (χ0v) is 21.9. The number of nitrogens with zero attached hydrogens (tertiary/aromatic N) is 1. The molecule has 0 fully saturated rings. The first kappa shape index (κ1) is 27.9. The number of amides is 1. The second-order valence-corrected chi connectivity index (χ2v) is 9.82. The zero-order valence-electron chi connectivity index (χ0n) is 21.2. The Labute approximate surface area is 236 Å². The first-order chi connectivity index (χ1) is 19.5. The van der Waals surface area contributed by atoms with Crippen molar-refractivity contribution >= 4 is 34.4 Å². The number of hydrogen-bond donors (Lipinski definition) is 2. The largest absolute Gasteiger partial charge is 0.478 e. The van der Waals surface area contributed by atoms with Gasteiger partial charge >= 0.3 is 12.1 Å². The third-order valence-corrected chi connectivity index (χ3v) is 6.95. The number of hydrogen-bond acceptors (Lipinski definition) is 2. The Hall–Kier alpha value is -4.63. The van der Waals surface area contributed by atoms with Crippen LogP contribution in [0.25, 0.3) is 22.0 Å². The van der Waals surface area contributed by atoms with Crippen molar-refractivity contribution in [3.05, 3.63) is 130 Å². The molecule has 41 heavy (non-hydrogen) atoms. The molecule has 4 aromatic carbocycles. The Bertz CT molecular complexity index is 1760. The summed E-state index contributed by atoms with van der Waals surface area (Å²) >= 11 is 5.85. The minimum atomic E-state index is -4.45. The third-order valence-electron chi connectivity index (χ3n) is 6.65. The van der Waals surface area contributed by atoms with E-state index in [9.17, 15) is 27.2 Å². The van der Waals surface area contributed by atoms with Gasteiger partial charge in [0.2, 0.25) is 0 Å². The maximum atomic E-state index is 14.3. The summed E-state index contributed by atoms with van der Waals surface area (Å²) in [5.41, 5.74) is 2.52. The van der Waals surface area contributed by atoms with Gasteiger partial charge in [-0.25, -0.2) is 9.18 Å². The summed E-state index contributed by atoms with van der Waals surface area (Å²) in [7, 11) is 0. The minimum absolute atomic E-state index is 0.0376. The highest BCUT2D eigenvalue weighted by Gasteiger charge is 2.30. The minimum Gasteiger partial charge on any atom is -0.478 e. The number of rotatable bonds is 7. The van der Waals surface area contributed by atoms with Gasteiger partial charge in [-0.05, 0) is 76.9 Å². The van der Waals surface area contributed by atoms with Gasteiger partial charge in [-0.1, -0.05) is 41.9 Å². The number of carboxylic acids is 1. The normalized spacial score (nSPS) is 11.5. The average Bonchev–Trinajstić information content (AvgIpc) is 3.35. The SMILES string of the molecule is O=C(O)c1ccc(CNC(=O)c2cc(-c3ccc(Cl)c(F)c3)cc3ccn(Cc4ccc(C(F)(F)F)cc4)c23)cc1. The molecule has 0 aliphatic carbocycles. The van der Waals surface area contributed by atoms with Crippen LogP contribution in [0, 0.1) is 5.82 Å². The second kappa shape index (κ2) is 11.1. The summed E-state index contributed by atoms with van der Waals surface area (Å²) in [6.07, 6.45) is -2.72. The van der Waals surface area contributed by atoms with Crippen LogP contribution < -0.4 is 5.32 Å². The summed E-state index contributed by atoms with van der Waals surface area (Å²) in [5.74, 6) is -2.12. The van der Waals surface area contributed by atoms with Crippen LogP contribution in [-0.2, 0) is 19.3 Å². The number of carbonyl (C=O) groups excluding carboxylic acids is 1. The highest BCUT2D eigenvalue weighted by molar-refractivity contribution is 6.30. The average molecular weight is 581 g/mol. The lowest BCUT2D eigenvalue weighted by Crippen LogP contribution is -2.23. The molecule has 0 bridgehead atoms. The molecule has 1 heterocycles. The van der Waals surface area contributed by atoms with E-state index >= 15 is 0 Å². The van der Waals surface area contributed by atoms with E-state index in [2.05, 4.69) is 5.32 Å². The van der Waals surface area contributed by atoms with Crippen LogP contribution in [0.15, 0.2) is 91.1 Å². The van der Waals surface area contributed by atoms with E-state index in [0.717, 1.165) is 12.1 Å². The quantitative estimate of drug-likeness (QED) is 0.193. The number of benzene rings is 4. The highest BCUT2D eigenvalue weighted by atomic mass is 35.5. The van der Waals surface area contributed by atoms with E-state index in [-0.39, 0.29) is 29.2 Å². The Balaban J connectivity index is 1.51. The Morgan fingerprint density at radius 2 is 1.54 bits per heavy atom. The molecule has 0 aliphatic rings. The fourth-order valence-electron chi connectivity index (χ4n) is 4.54. The summed E-state index contributed by atoms with van der Waals surface area (Å²) in [6.45, 7) is 0.313. The molecule has 0 atom stereocenters. The Morgan fingerprint density at radius 3 is 2.17 bits per heavy atom. The molecule has 5 aromatic rings. The first-order valence-corrected chi connectivity index (χ1v) is 12.7. The molecular weight excluding hydrogens is 560 g/mol. The predicted molar refractivity (Wildman–Crippen MR) is 147 cm³/mol. The second-order valence-electron chi connectivity index (χ2n) is 9.41. The van der Waals surface area contributed by atoms with Crippen molar-refractivity contribution in [1.82, 2.24) is 9.88 Å². The molecule has 0 saturated carbocycles. The number of aromatic nitrogens is 1. The van der Waals surface area contributed by atoms with Crippen LogP contribution in [0.3, 0.4) is 0 Å². The van der Waals surface area contributed by atoms with Crippen molar-refractivity contribution in [2.45, 2.75) is 19.3 Å². The molecule has 1 amide bonds. The number of carboxylic acid groups (broad SMARTS) is 1. The van der Waals surface area contributed by atoms with E-state index in [4.69, 9.17) is 16.7 Å². The van der Waals surface area contributed by atoms with Gasteiger partial charge in [0.25, 0.3) is 5.91 Å². The molecule has 208 valence electrons. The van der Waals surface area contributed by atoms with Crippen molar-refractivity contribution in [1.29, 1.82) is 0 Å². The number of carbonyl (C=O) groups is 2. The van der Waals surface area contributed by atoms with Crippen LogP contribution >= 0.6 is 11.6 Å². The van der Waals surface area contributed by atoms with Gasteiger partial charge < -0.3 is 15.0 Å². The Kier molecular flexibility index (Phi) is 7.55. The van der Waals surface area contributed by atoms with Gasteiger partial charge in [0.15, 0.2) is 0 Å². The fourth-order valence-corrected chi connectivity index (χ4v) is 4.65. The highest BCUT2D eigenvalue weighted by Crippen LogP contribution is 2.32. The van der Waals surface area contributed by atoms with Crippen molar-refractivity contribution in [2.24, 2.45) is 0 Å². The van der Waals surface area contributed by atoms with E-state index in [0.29, 0.717) is 33.2 Å². The summed E-state index contributed by atoms with van der Waals surface area (Å²) in [6, 6.07) is 20.4. The standard InChI is InChI=1S/C31H21ClF4N2O3/c32-26-10-7-21(15-27(26)33)23-13-22-11-12-38(17-19-3-8-24(9-4-19)31(34,35)36)28(22)25(14-23)29(39)37-16-18-1-5-20(6-2-18)30(40)41/h1-15H,16-17H2,(H,37,39)(H,40,41). The maximum absolute atomic E-state index is 14.3. The van der Waals surface area contributed by atoms with Crippen LogP contribution in [0.5, 0.6) is 0 Å². The number of alkyl halides is 3. The van der Waals surface area contributed by atoms with Crippen LogP contribution in [0.2, 0.25) is 5.02 Å². The van der Waals surface area contributed by atoms with Gasteiger partial charge in [-0.2, -0.15) is 13.2 Å².